The number of hydrogen-bond donors (Lipinski definition) is 1. The number of amides is 1. The van der Waals surface area contributed by atoms with Gasteiger partial charge in [-0.15, -0.1) is 0 Å². The van der Waals surface area contributed by atoms with E-state index in [4.69, 9.17) is 4.42 Å². The minimum absolute atomic E-state index is 0.0934. The Morgan fingerprint density at radius 3 is 3.21 bits per heavy atom. The van der Waals surface area contributed by atoms with E-state index >= 15 is 0 Å². The molecular weight excluding hydrogens is 242 g/mol. The third-order valence-electron chi connectivity index (χ3n) is 3.46. The molecule has 2 atom stereocenters. The van der Waals surface area contributed by atoms with Crippen molar-refractivity contribution in [3.8, 4) is 0 Å². The molecule has 100 valence electrons. The second-order valence-corrected chi connectivity index (χ2v) is 4.88. The van der Waals surface area contributed by atoms with Crippen LogP contribution in [0.4, 0.5) is 0 Å². The van der Waals surface area contributed by atoms with E-state index in [1.807, 2.05) is 29.1 Å². The number of nitrogens with zero attached hydrogens (tertiary/aromatic N) is 2. The number of hydrogen-bond acceptors (Lipinski definition) is 3. The van der Waals surface area contributed by atoms with Gasteiger partial charge in [0.1, 0.15) is 5.76 Å². The van der Waals surface area contributed by atoms with Crippen LogP contribution < -0.4 is 5.32 Å². The summed E-state index contributed by atoms with van der Waals surface area (Å²) in [6, 6.07) is 5.71. The molecule has 5 nitrogen and oxygen atoms in total. The van der Waals surface area contributed by atoms with Crippen LogP contribution in [0.3, 0.4) is 0 Å². The predicted octanol–water partition coefficient (Wildman–Crippen LogP) is 1.79. The van der Waals surface area contributed by atoms with Crippen LogP contribution >= 0.6 is 0 Å². The number of furan rings is 1. The van der Waals surface area contributed by atoms with Gasteiger partial charge < -0.3 is 9.73 Å². The van der Waals surface area contributed by atoms with Crippen molar-refractivity contribution in [3.63, 3.8) is 0 Å². The number of carbonyl (C=O) groups excluding carboxylic acids is 1. The van der Waals surface area contributed by atoms with Crippen molar-refractivity contribution in [2.24, 2.45) is 5.92 Å². The number of aryl methyl sites for hydroxylation is 1. The summed E-state index contributed by atoms with van der Waals surface area (Å²) in [4.78, 5) is 11.9. The average molecular weight is 259 g/mol. The van der Waals surface area contributed by atoms with Crippen LogP contribution in [0.15, 0.2) is 41.3 Å². The molecule has 0 aromatic carbocycles. The van der Waals surface area contributed by atoms with Gasteiger partial charge in [-0.1, -0.05) is 0 Å². The summed E-state index contributed by atoms with van der Waals surface area (Å²) < 4.78 is 7.19. The van der Waals surface area contributed by atoms with Gasteiger partial charge in [-0.3, -0.25) is 9.48 Å². The van der Waals surface area contributed by atoms with E-state index in [1.165, 1.54) is 0 Å². The van der Waals surface area contributed by atoms with Crippen molar-refractivity contribution < 1.29 is 9.21 Å². The zero-order chi connectivity index (χ0) is 13.1. The number of nitrogens with one attached hydrogen (secondary N) is 1. The number of aromatic nitrogens is 2. The maximum Gasteiger partial charge on any atom is 0.223 e. The molecule has 1 aliphatic carbocycles. The minimum Gasteiger partial charge on any atom is -0.469 e. The summed E-state index contributed by atoms with van der Waals surface area (Å²) in [5, 5.41) is 7.09. The summed E-state index contributed by atoms with van der Waals surface area (Å²) in [6.45, 7) is 1.53. The highest BCUT2D eigenvalue weighted by Crippen LogP contribution is 2.47. The Kier molecular flexibility index (Phi) is 3.35. The largest absolute Gasteiger partial charge is 0.469 e. The van der Waals surface area contributed by atoms with Crippen molar-refractivity contribution in [1.82, 2.24) is 15.1 Å². The molecule has 2 heterocycles. The van der Waals surface area contributed by atoms with Crippen LogP contribution in [-0.4, -0.2) is 22.2 Å². The van der Waals surface area contributed by atoms with Crippen LogP contribution in [0.25, 0.3) is 0 Å². The Morgan fingerprint density at radius 1 is 1.53 bits per heavy atom. The van der Waals surface area contributed by atoms with Crippen LogP contribution in [0.2, 0.25) is 0 Å². The van der Waals surface area contributed by atoms with E-state index in [-0.39, 0.29) is 17.7 Å². The predicted molar refractivity (Wildman–Crippen MR) is 69.4 cm³/mol. The monoisotopic (exact) mass is 259 g/mol. The Bertz CT molecular complexity index is 519. The Hall–Kier alpha value is -2.04. The van der Waals surface area contributed by atoms with Gasteiger partial charge in [0.25, 0.3) is 0 Å². The third-order valence-corrected chi connectivity index (χ3v) is 3.46. The highest BCUT2D eigenvalue weighted by atomic mass is 16.3. The highest BCUT2D eigenvalue weighted by molar-refractivity contribution is 5.82. The number of carbonyl (C=O) groups is 1. The summed E-state index contributed by atoms with van der Waals surface area (Å²) >= 11 is 0. The quantitative estimate of drug-likeness (QED) is 0.804. The average Bonchev–Trinajstić information content (AvgIpc) is 2.85. The molecule has 1 N–H and O–H groups in total. The lowest BCUT2D eigenvalue weighted by Crippen LogP contribution is -2.27. The molecule has 19 heavy (non-hydrogen) atoms. The molecule has 5 heteroatoms. The van der Waals surface area contributed by atoms with Crippen LogP contribution in [-0.2, 0) is 11.3 Å². The van der Waals surface area contributed by atoms with E-state index < -0.39 is 0 Å². The minimum atomic E-state index is 0.0934. The fraction of sp³-hybridized carbons (Fsp3) is 0.429. The Morgan fingerprint density at radius 2 is 2.47 bits per heavy atom. The van der Waals surface area contributed by atoms with Gasteiger partial charge in [-0.25, -0.2) is 0 Å². The maximum absolute atomic E-state index is 11.9. The van der Waals surface area contributed by atoms with Crippen molar-refractivity contribution in [1.29, 1.82) is 0 Å². The van der Waals surface area contributed by atoms with E-state index in [0.29, 0.717) is 6.54 Å². The second kappa shape index (κ2) is 5.30. The lowest BCUT2D eigenvalue weighted by molar-refractivity contribution is -0.122. The summed E-state index contributed by atoms with van der Waals surface area (Å²) in [7, 11) is 0. The summed E-state index contributed by atoms with van der Waals surface area (Å²) in [6.07, 6.45) is 7.14. The molecule has 2 aromatic rings. The van der Waals surface area contributed by atoms with Gasteiger partial charge >= 0.3 is 0 Å². The molecule has 1 amide bonds. The number of rotatable bonds is 6. The zero-order valence-corrected chi connectivity index (χ0v) is 10.7. The maximum atomic E-state index is 11.9. The highest BCUT2D eigenvalue weighted by Gasteiger charge is 2.45. The first-order valence-electron chi connectivity index (χ1n) is 6.63. The van der Waals surface area contributed by atoms with Gasteiger partial charge in [0, 0.05) is 37.3 Å². The van der Waals surface area contributed by atoms with Crippen molar-refractivity contribution in [2.45, 2.75) is 25.3 Å². The lowest BCUT2D eigenvalue weighted by Gasteiger charge is -2.04. The zero-order valence-electron chi connectivity index (χ0n) is 10.7. The van der Waals surface area contributed by atoms with Gasteiger partial charge in [0.2, 0.25) is 5.91 Å². The van der Waals surface area contributed by atoms with Crippen molar-refractivity contribution >= 4 is 5.91 Å². The molecule has 2 aromatic heterocycles. The standard InChI is InChI=1S/C14H17N3O2/c18-14(12-10-11(12)13-4-1-9-19-13)15-5-2-7-17-8-3-6-16-17/h1,3-4,6,8-9,11-12H,2,5,7,10H2,(H,15,18). The molecule has 0 saturated heterocycles. The molecule has 1 fully saturated rings. The second-order valence-electron chi connectivity index (χ2n) is 4.88. The molecule has 0 aliphatic heterocycles. The lowest BCUT2D eigenvalue weighted by atomic mass is 10.2. The van der Waals surface area contributed by atoms with Crippen molar-refractivity contribution in [3.05, 3.63) is 42.6 Å². The van der Waals surface area contributed by atoms with Gasteiger partial charge in [0.05, 0.1) is 6.26 Å². The van der Waals surface area contributed by atoms with Gasteiger partial charge in [-0.05, 0) is 31.0 Å². The van der Waals surface area contributed by atoms with Gasteiger partial charge in [0.15, 0.2) is 0 Å². The van der Waals surface area contributed by atoms with E-state index in [2.05, 4.69) is 10.4 Å². The normalized spacial score (nSPS) is 21.3. The van der Waals surface area contributed by atoms with Crippen molar-refractivity contribution in [2.75, 3.05) is 6.54 Å². The fourth-order valence-corrected chi connectivity index (χ4v) is 2.32. The molecular formula is C14H17N3O2. The Balaban J connectivity index is 1.36. The molecule has 0 bridgehead atoms. The Labute approximate surface area is 111 Å². The van der Waals surface area contributed by atoms with E-state index in [1.54, 1.807) is 12.5 Å². The topological polar surface area (TPSA) is 60.1 Å². The SMILES string of the molecule is O=C(NCCCn1cccn1)C1CC1c1ccco1. The molecule has 2 unspecified atom stereocenters. The van der Waals surface area contributed by atoms with E-state index in [0.717, 1.165) is 25.1 Å². The molecule has 1 saturated carbocycles. The summed E-state index contributed by atoms with van der Waals surface area (Å²) in [5.74, 6) is 1.44. The fourth-order valence-electron chi connectivity index (χ4n) is 2.32. The third kappa shape index (κ3) is 2.86. The van der Waals surface area contributed by atoms with Gasteiger partial charge in [-0.2, -0.15) is 5.10 Å². The molecule has 0 spiro atoms. The first kappa shape index (κ1) is 12.0. The first-order valence-corrected chi connectivity index (χ1v) is 6.63. The molecule has 0 radical (unpaired) electrons. The summed E-state index contributed by atoms with van der Waals surface area (Å²) in [5.41, 5.74) is 0. The molecule has 3 rings (SSSR count). The van der Waals surface area contributed by atoms with Crippen LogP contribution in [0, 0.1) is 5.92 Å². The van der Waals surface area contributed by atoms with Crippen LogP contribution in [0.1, 0.15) is 24.5 Å². The smallest absolute Gasteiger partial charge is 0.223 e. The molecule has 1 aliphatic rings. The van der Waals surface area contributed by atoms with E-state index in [9.17, 15) is 4.79 Å². The first-order chi connectivity index (χ1) is 9.34. The van der Waals surface area contributed by atoms with Crippen LogP contribution in [0.5, 0.6) is 0 Å².